The van der Waals surface area contributed by atoms with Gasteiger partial charge < -0.3 is 19.7 Å². The van der Waals surface area contributed by atoms with Gasteiger partial charge in [-0.25, -0.2) is 0 Å². The van der Waals surface area contributed by atoms with Gasteiger partial charge in [-0.1, -0.05) is 12.1 Å². The van der Waals surface area contributed by atoms with Crippen LogP contribution in [0.25, 0.3) is 0 Å². The van der Waals surface area contributed by atoms with E-state index < -0.39 is 0 Å². The van der Waals surface area contributed by atoms with Crippen LogP contribution in [0.5, 0.6) is 5.75 Å². The van der Waals surface area contributed by atoms with Crippen LogP contribution in [0.4, 0.5) is 0 Å². The topological polar surface area (TPSA) is 71.1 Å². The van der Waals surface area contributed by atoms with Gasteiger partial charge in [0.2, 0.25) is 11.8 Å². The van der Waals surface area contributed by atoms with E-state index in [0.717, 1.165) is 44.2 Å². The van der Waals surface area contributed by atoms with E-state index in [1.807, 2.05) is 24.3 Å². The van der Waals surface area contributed by atoms with Crippen LogP contribution in [-0.2, 0) is 20.7 Å². The van der Waals surface area contributed by atoms with Crippen LogP contribution in [0.15, 0.2) is 24.3 Å². The van der Waals surface area contributed by atoms with Gasteiger partial charge in [0.15, 0.2) is 0 Å². The predicted molar refractivity (Wildman–Crippen MR) is 99.2 cm³/mol. The Hall–Kier alpha value is -2.12. The first kappa shape index (κ1) is 20.2. The third-order valence-electron chi connectivity index (χ3n) is 4.46. The van der Waals surface area contributed by atoms with Crippen molar-refractivity contribution >= 4 is 11.8 Å². The average Bonchev–Trinajstić information content (AvgIpc) is 2.65. The Balaban J connectivity index is 1.68. The van der Waals surface area contributed by atoms with E-state index in [2.05, 4.69) is 10.2 Å². The van der Waals surface area contributed by atoms with Gasteiger partial charge in [0, 0.05) is 46.2 Å². The Labute approximate surface area is 155 Å². The van der Waals surface area contributed by atoms with E-state index in [1.54, 1.807) is 18.9 Å². The molecule has 1 aliphatic heterocycles. The molecular formula is C19H29N3O4. The minimum absolute atomic E-state index is 0.0302. The number of rotatable bonds is 9. The van der Waals surface area contributed by atoms with E-state index >= 15 is 0 Å². The molecule has 7 nitrogen and oxygen atoms in total. The lowest BCUT2D eigenvalue weighted by molar-refractivity contribution is -0.129. The van der Waals surface area contributed by atoms with E-state index in [0.29, 0.717) is 26.1 Å². The lowest BCUT2D eigenvalue weighted by atomic mass is 10.1. The fraction of sp³-hybridized carbons (Fsp3) is 0.579. The second kappa shape index (κ2) is 10.8. The number of carbonyl (C=O) groups is 2. The van der Waals surface area contributed by atoms with Crippen molar-refractivity contribution < 1.29 is 19.1 Å². The van der Waals surface area contributed by atoms with E-state index in [4.69, 9.17) is 9.47 Å². The van der Waals surface area contributed by atoms with Crippen molar-refractivity contribution in [1.82, 2.24) is 15.1 Å². The molecule has 1 aromatic carbocycles. The molecule has 0 unspecified atom stereocenters. The van der Waals surface area contributed by atoms with Crippen molar-refractivity contribution in [2.75, 3.05) is 59.6 Å². The number of ether oxygens (including phenoxy) is 2. The van der Waals surface area contributed by atoms with Gasteiger partial charge >= 0.3 is 0 Å². The lowest BCUT2D eigenvalue weighted by Crippen LogP contribution is -2.44. The fourth-order valence-corrected chi connectivity index (χ4v) is 2.84. The van der Waals surface area contributed by atoms with E-state index in [1.165, 1.54) is 0 Å². The van der Waals surface area contributed by atoms with Crippen LogP contribution in [0, 0.1) is 0 Å². The maximum absolute atomic E-state index is 12.1. The van der Waals surface area contributed by atoms with Crippen molar-refractivity contribution in [3.05, 3.63) is 29.8 Å². The maximum atomic E-state index is 12.1. The summed E-state index contributed by atoms with van der Waals surface area (Å²) in [6.07, 6.45) is 0.317. The summed E-state index contributed by atoms with van der Waals surface area (Å²) in [6, 6.07) is 7.43. The molecule has 0 radical (unpaired) electrons. The van der Waals surface area contributed by atoms with Gasteiger partial charge in [-0.15, -0.1) is 0 Å². The zero-order valence-corrected chi connectivity index (χ0v) is 15.7. The number of benzene rings is 1. The first-order valence-electron chi connectivity index (χ1n) is 9.03. The van der Waals surface area contributed by atoms with Gasteiger partial charge in [0.05, 0.1) is 26.7 Å². The molecule has 0 spiro atoms. The molecule has 2 amide bonds. The highest BCUT2D eigenvalue weighted by atomic mass is 16.5. The van der Waals surface area contributed by atoms with Gasteiger partial charge in [-0.3, -0.25) is 14.5 Å². The summed E-state index contributed by atoms with van der Waals surface area (Å²) in [7, 11) is 1.61. The number of morpholine rings is 1. The van der Waals surface area contributed by atoms with Crippen LogP contribution in [0.2, 0.25) is 0 Å². The molecule has 1 saturated heterocycles. The molecule has 0 aliphatic carbocycles. The highest BCUT2D eigenvalue weighted by Gasteiger charge is 2.14. The summed E-state index contributed by atoms with van der Waals surface area (Å²) in [5.74, 6) is 0.751. The quantitative estimate of drug-likeness (QED) is 0.693. The predicted octanol–water partition coefficient (Wildman–Crippen LogP) is 0.535. The Kier molecular flexibility index (Phi) is 8.37. The Morgan fingerprint density at radius 3 is 2.50 bits per heavy atom. The Bertz CT molecular complexity index is 571. The van der Waals surface area contributed by atoms with E-state index in [9.17, 15) is 9.59 Å². The van der Waals surface area contributed by atoms with Crippen molar-refractivity contribution in [2.45, 2.75) is 13.3 Å². The molecule has 26 heavy (non-hydrogen) atoms. The molecule has 1 aromatic rings. The molecule has 0 aromatic heterocycles. The summed E-state index contributed by atoms with van der Waals surface area (Å²) in [5.41, 5.74) is 0.930. The zero-order valence-electron chi connectivity index (χ0n) is 15.7. The fourth-order valence-electron chi connectivity index (χ4n) is 2.84. The summed E-state index contributed by atoms with van der Waals surface area (Å²) in [6.45, 7) is 7.37. The minimum atomic E-state index is -0.0492. The molecule has 1 N–H and O–H groups in total. The normalized spacial score (nSPS) is 14.7. The van der Waals surface area contributed by atoms with Crippen molar-refractivity contribution in [1.29, 1.82) is 0 Å². The molecule has 0 atom stereocenters. The van der Waals surface area contributed by atoms with Gasteiger partial charge in [0.1, 0.15) is 5.75 Å². The number of hydrogen-bond acceptors (Lipinski definition) is 5. The average molecular weight is 363 g/mol. The number of amides is 2. The summed E-state index contributed by atoms with van der Waals surface area (Å²) in [5, 5.41) is 2.89. The van der Waals surface area contributed by atoms with Crippen molar-refractivity contribution in [2.24, 2.45) is 0 Å². The summed E-state index contributed by atoms with van der Waals surface area (Å²) < 4.78 is 10.4. The first-order chi connectivity index (χ1) is 12.6. The molecule has 1 aliphatic rings. The molecule has 2 rings (SSSR count). The lowest BCUT2D eigenvalue weighted by Gasteiger charge is -2.29. The van der Waals surface area contributed by atoms with Crippen LogP contribution < -0.4 is 10.1 Å². The first-order valence-corrected chi connectivity index (χ1v) is 9.03. The Morgan fingerprint density at radius 2 is 1.88 bits per heavy atom. The Morgan fingerprint density at radius 1 is 1.19 bits per heavy atom. The van der Waals surface area contributed by atoms with Crippen molar-refractivity contribution in [3.8, 4) is 5.75 Å². The zero-order chi connectivity index (χ0) is 18.8. The van der Waals surface area contributed by atoms with Crippen LogP contribution >= 0.6 is 0 Å². The molecule has 7 heteroatoms. The molecular weight excluding hydrogens is 334 g/mol. The number of hydrogen-bond donors (Lipinski definition) is 1. The number of methoxy groups -OCH3 is 1. The summed E-state index contributed by atoms with van der Waals surface area (Å²) in [4.78, 5) is 27.9. The van der Waals surface area contributed by atoms with Crippen LogP contribution in [-0.4, -0.2) is 81.2 Å². The van der Waals surface area contributed by atoms with Crippen molar-refractivity contribution in [3.63, 3.8) is 0 Å². The second-order valence-corrected chi connectivity index (χ2v) is 6.33. The minimum Gasteiger partial charge on any atom is -0.497 e. The SMILES string of the molecule is COc1ccc(CC(=O)NCCN(CCN2CCOCC2)C(C)=O)cc1. The monoisotopic (exact) mass is 363 g/mol. The largest absolute Gasteiger partial charge is 0.497 e. The highest BCUT2D eigenvalue weighted by Crippen LogP contribution is 2.11. The number of carbonyl (C=O) groups excluding carboxylic acids is 2. The number of nitrogens with one attached hydrogen (secondary N) is 1. The van der Waals surface area contributed by atoms with Crippen LogP contribution in [0.1, 0.15) is 12.5 Å². The molecule has 0 saturated carbocycles. The maximum Gasteiger partial charge on any atom is 0.224 e. The molecule has 144 valence electrons. The van der Waals surface area contributed by atoms with Crippen LogP contribution in [0.3, 0.4) is 0 Å². The second-order valence-electron chi connectivity index (χ2n) is 6.33. The standard InChI is InChI=1S/C19H29N3O4/c1-16(23)22(10-9-21-11-13-26-14-12-21)8-7-20-19(24)15-17-3-5-18(25-2)6-4-17/h3-6H,7-15H2,1-2H3,(H,20,24). The molecule has 0 bridgehead atoms. The van der Waals surface area contributed by atoms with Gasteiger partial charge in [-0.2, -0.15) is 0 Å². The molecule has 1 fully saturated rings. The number of nitrogens with zero attached hydrogens (tertiary/aromatic N) is 2. The third-order valence-corrected chi connectivity index (χ3v) is 4.46. The smallest absolute Gasteiger partial charge is 0.224 e. The van der Waals surface area contributed by atoms with Gasteiger partial charge in [0.25, 0.3) is 0 Å². The van der Waals surface area contributed by atoms with Gasteiger partial charge in [-0.05, 0) is 17.7 Å². The van der Waals surface area contributed by atoms with E-state index in [-0.39, 0.29) is 11.8 Å². The molecule has 1 heterocycles. The summed E-state index contributed by atoms with van der Waals surface area (Å²) >= 11 is 0. The highest BCUT2D eigenvalue weighted by molar-refractivity contribution is 5.78. The third kappa shape index (κ3) is 7.01.